The van der Waals surface area contributed by atoms with Gasteiger partial charge in [0.2, 0.25) is 15.9 Å². The normalized spacial score (nSPS) is 17.9. The lowest BCUT2D eigenvalue weighted by Gasteiger charge is -2.10. The highest BCUT2D eigenvalue weighted by Gasteiger charge is 2.43. The third-order valence-corrected chi connectivity index (χ3v) is 7.81. The van der Waals surface area contributed by atoms with Crippen LogP contribution in [0.4, 0.5) is 5.69 Å². The summed E-state index contributed by atoms with van der Waals surface area (Å²) < 4.78 is 29.5. The molecule has 1 heterocycles. The number of pyridine rings is 1. The maximum Gasteiger partial charge on any atom is 0.240 e. The monoisotopic (exact) mass is 563 g/mol. The number of carbonyl (C=O) groups excluding carboxylic acids is 1. The van der Waals surface area contributed by atoms with E-state index in [4.69, 9.17) is 0 Å². The largest absolute Gasteiger partial charge is 0.326 e. The molecule has 6 nitrogen and oxygen atoms in total. The molecule has 4 rings (SSSR count). The Bertz CT molecular complexity index is 1200. The van der Waals surface area contributed by atoms with Crippen LogP contribution >= 0.6 is 31.9 Å². The van der Waals surface area contributed by atoms with Gasteiger partial charge < -0.3 is 5.32 Å². The molecule has 2 atom stereocenters. The molecule has 0 bridgehead atoms. The molecular formula is C22H19Br2N3O3S. The molecule has 2 N–H and O–H groups in total. The first-order valence-electron chi connectivity index (χ1n) is 9.58. The summed E-state index contributed by atoms with van der Waals surface area (Å²) in [5.74, 6) is 0.0808. The van der Waals surface area contributed by atoms with Crippen LogP contribution in [0.25, 0.3) is 0 Å². The van der Waals surface area contributed by atoms with Gasteiger partial charge in [-0.1, -0.05) is 37.9 Å². The average Bonchev–Trinajstić information content (AvgIpc) is 3.55. The summed E-state index contributed by atoms with van der Waals surface area (Å²) in [5, 5.41) is 2.87. The molecule has 1 fully saturated rings. The average molecular weight is 565 g/mol. The fraction of sp³-hybridized carbons (Fsp3) is 0.182. The fourth-order valence-electron chi connectivity index (χ4n) is 3.34. The Labute approximate surface area is 197 Å². The van der Waals surface area contributed by atoms with Crippen LogP contribution in [0.3, 0.4) is 0 Å². The van der Waals surface area contributed by atoms with Crippen molar-refractivity contribution in [2.24, 2.45) is 5.92 Å². The van der Waals surface area contributed by atoms with E-state index in [9.17, 15) is 13.2 Å². The van der Waals surface area contributed by atoms with Gasteiger partial charge >= 0.3 is 0 Å². The third kappa shape index (κ3) is 5.41. The standard InChI is InChI=1S/C22H19Br2N3O3S/c23-16-2-1-15(21(24)11-16)13-26-31(29,30)18-5-3-17(4-6-18)27-22(28)20-12-19(20)14-7-9-25-10-8-14/h1-11,19-20,26H,12-13H2,(H,27,28). The molecule has 0 aliphatic heterocycles. The number of hydrogen-bond acceptors (Lipinski definition) is 4. The summed E-state index contributed by atoms with van der Waals surface area (Å²) in [6, 6.07) is 15.6. The number of hydrogen-bond donors (Lipinski definition) is 2. The lowest BCUT2D eigenvalue weighted by molar-refractivity contribution is -0.117. The molecule has 0 spiro atoms. The van der Waals surface area contributed by atoms with E-state index in [0.29, 0.717) is 5.69 Å². The summed E-state index contributed by atoms with van der Waals surface area (Å²) >= 11 is 6.81. The van der Waals surface area contributed by atoms with Crippen molar-refractivity contribution < 1.29 is 13.2 Å². The maximum absolute atomic E-state index is 12.6. The number of halogens is 2. The van der Waals surface area contributed by atoms with Crippen molar-refractivity contribution in [3.63, 3.8) is 0 Å². The summed E-state index contributed by atoms with van der Waals surface area (Å²) in [5.41, 5.74) is 2.50. The van der Waals surface area contributed by atoms with Gasteiger partial charge in [0, 0.05) is 39.5 Å². The predicted octanol–water partition coefficient (Wildman–Crippen LogP) is 4.83. The predicted molar refractivity (Wildman–Crippen MR) is 126 cm³/mol. The Hall–Kier alpha value is -2.07. The van der Waals surface area contributed by atoms with Gasteiger partial charge in [0.1, 0.15) is 0 Å². The number of anilines is 1. The number of benzene rings is 2. The number of aromatic nitrogens is 1. The number of nitrogens with one attached hydrogen (secondary N) is 2. The molecule has 1 amide bonds. The maximum atomic E-state index is 12.6. The van der Waals surface area contributed by atoms with Crippen LogP contribution in [0, 0.1) is 5.92 Å². The van der Waals surface area contributed by atoms with E-state index >= 15 is 0 Å². The molecule has 1 aliphatic carbocycles. The lowest BCUT2D eigenvalue weighted by Crippen LogP contribution is -2.23. The van der Waals surface area contributed by atoms with E-state index in [0.717, 1.165) is 26.5 Å². The quantitative estimate of drug-likeness (QED) is 0.430. The fourth-order valence-corrected chi connectivity index (χ4v) is 5.53. The van der Waals surface area contributed by atoms with Crippen molar-refractivity contribution >= 4 is 53.5 Å². The van der Waals surface area contributed by atoms with Crippen LogP contribution in [0.5, 0.6) is 0 Å². The molecule has 0 radical (unpaired) electrons. The lowest BCUT2D eigenvalue weighted by atomic mass is 10.1. The van der Waals surface area contributed by atoms with Crippen LogP contribution in [-0.4, -0.2) is 19.3 Å². The van der Waals surface area contributed by atoms with Crippen molar-refractivity contribution in [1.29, 1.82) is 0 Å². The number of nitrogens with zero attached hydrogens (tertiary/aromatic N) is 1. The van der Waals surface area contributed by atoms with E-state index in [2.05, 4.69) is 46.9 Å². The summed E-state index contributed by atoms with van der Waals surface area (Å²) in [6.45, 7) is 0.159. The van der Waals surface area contributed by atoms with Crippen molar-refractivity contribution in [2.75, 3.05) is 5.32 Å². The van der Waals surface area contributed by atoms with Crippen molar-refractivity contribution in [3.05, 3.63) is 87.1 Å². The van der Waals surface area contributed by atoms with Crippen LogP contribution in [0.2, 0.25) is 0 Å². The van der Waals surface area contributed by atoms with Gasteiger partial charge in [-0.25, -0.2) is 13.1 Å². The third-order valence-electron chi connectivity index (χ3n) is 5.16. The molecular weight excluding hydrogens is 546 g/mol. The van der Waals surface area contributed by atoms with E-state index in [1.165, 1.54) is 12.1 Å². The van der Waals surface area contributed by atoms with Crippen molar-refractivity contribution in [1.82, 2.24) is 9.71 Å². The van der Waals surface area contributed by atoms with Crippen molar-refractivity contribution in [3.8, 4) is 0 Å². The number of rotatable bonds is 7. The SMILES string of the molecule is O=C(Nc1ccc(S(=O)(=O)NCc2ccc(Br)cc2Br)cc1)C1CC1c1ccncc1. The van der Waals surface area contributed by atoms with Gasteiger partial charge in [-0.3, -0.25) is 9.78 Å². The molecule has 160 valence electrons. The second kappa shape index (κ2) is 9.20. The van der Waals surface area contributed by atoms with E-state index in [-0.39, 0.29) is 29.2 Å². The summed E-state index contributed by atoms with van der Waals surface area (Å²) in [7, 11) is -3.68. The Kier molecular flexibility index (Phi) is 6.57. The Morgan fingerprint density at radius 1 is 1.03 bits per heavy atom. The molecule has 1 aliphatic rings. The van der Waals surface area contributed by atoms with Gasteiger partial charge in [-0.05, 0) is 72.0 Å². The molecule has 2 unspecified atom stereocenters. The Morgan fingerprint density at radius 3 is 2.42 bits per heavy atom. The van der Waals surface area contributed by atoms with E-state index in [1.807, 2.05) is 30.3 Å². The number of amides is 1. The summed E-state index contributed by atoms with van der Waals surface area (Å²) in [6.07, 6.45) is 4.26. The van der Waals surface area contributed by atoms with Gasteiger partial charge in [-0.15, -0.1) is 0 Å². The van der Waals surface area contributed by atoms with Crippen molar-refractivity contribution in [2.45, 2.75) is 23.8 Å². The van der Waals surface area contributed by atoms with Crippen LogP contribution in [0.15, 0.2) is 80.8 Å². The highest BCUT2D eigenvalue weighted by Crippen LogP contribution is 2.47. The first-order valence-corrected chi connectivity index (χ1v) is 12.6. The first kappa shape index (κ1) is 22.1. The minimum Gasteiger partial charge on any atom is -0.326 e. The zero-order valence-electron chi connectivity index (χ0n) is 16.3. The first-order chi connectivity index (χ1) is 14.8. The van der Waals surface area contributed by atoms with Crippen LogP contribution in [0.1, 0.15) is 23.5 Å². The minimum atomic E-state index is -3.68. The molecule has 31 heavy (non-hydrogen) atoms. The second-order valence-corrected chi connectivity index (χ2v) is 10.8. The second-order valence-electron chi connectivity index (χ2n) is 7.30. The Balaban J connectivity index is 1.35. The van der Waals surface area contributed by atoms with Crippen LogP contribution in [-0.2, 0) is 21.4 Å². The molecule has 0 saturated heterocycles. The van der Waals surface area contributed by atoms with Gasteiger partial charge in [0.05, 0.1) is 4.90 Å². The zero-order chi connectivity index (χ0) is 22.0. The zero-order valence-corrected chi connectivity index (χ0v) is 20.2. The topological polar surface area (TPSA) is 88.2 Å². The minimum absolute atomic E-state index is 0.0596. The molecule has 9 heteroatoms. The van der Waals surface area contributed by atoms with Gasteiger partial charge in [-0.2, -0.15) is 0 Å². The summed E-state index contributed by atoms with van der Waals surface area (Å²) in [4.78, 5) is 16.6. The van der Waals surface area contributed by atoms with Gasteiger partial charge in [0.25, 0.3) is 0 Å². The highest BCUT2D eigenvalue weighted by molar-refractivity contribution is 9.11. The van der Waals surface area contributed by atoms with E-state index < -0.39 is 10.0 Å². The molecule has 2 aromatic carbocycles. The van der Waals surface area contributed by atoms with E-state index in [1.54, 1.807) is 24.5 Å². The van der Waals surface area contributed by atoms with Crippen LogP contribution < -0.4 is 10.0 Å². The molecule has 1 saturated carbocycles. The number of carbonyl (C=O) groups is 1. The Morgan fingerprint density at radius 2 is 1.74 bits per heavy atom. The smallest absolute Gasteiger partial charge is 0.240 e. The van der Waals surface area contributed by atoms with Gasteiger partial charge in [0.15, 0.2) is 0 Å². The number of sulfonamides is 1. The molecule has 3 aromatic rings. The highest BCUT2D eigenvalue weighted by atomic mass is 79.9. The molecule has 1 aromatic heterocycles.